The van der Waals surface area contributed by atoms with E-state index in [4.69, 9.17) is 0 Å². The molecule has 0 aliphatic heterocycles. The lowest BCUT2D eigenvalue weighted by Crippen LogP contribution is -2.28. The summed E-state index contributed by atoms with van der Waals surface area (Å²) in [6.45, 7) is 2.41. The van der Waals surface area contributed by atoms with E-state index in [1.807, 2.05) is 31.2 Å². The predicted molar refractivity (Wildman–Crippen MR) is 60.8 cm³/mol. The third kappa shape index (κ3) is 1.88. The van der Waals surface area contributed by atoms with Crippen LogP contribution in [0.2, 0.25) is 0 Å². The second kappa shape index (κ2) is 4.30. The largest absolute Gasteiger partial charge is 0.359 e. The molecular formula is C11H14N4O. The number of benzene rings is 1. The fourth-order valence-corrected chi connectivity index (χ4v) is 1.64. The van der Waals surface area contributed by atoms with Gasteiger partial charge in [0.25, 0.3) is 0 Å². The van der Waals surface area contributed by atoms with Gasteiger partial charge in [-0.1, -0.05) is 24.3 Å². The minimum absolute atomic E-state index is 0.0135. The molecule has 1 amide bonds. The Morgan fingerprint density at radius 3 is 3.00 bits per heavy atom. The molecule has 1 atom stereocenters. The van der Waals surface area contributed by atoms with Crippen LogP contribution >= 0.6 is 0 Å². The van der Waals surface area contributed by atoms with Crippen molar-refractivity contribution in [2.45, 2.75) is 13.5 Å². The van der Waals surface area contributed by atoms with E-state index in [0.717, 1.165) is 11.0 Å². The van der Waals surface area contributed by atoms with Gasteiger partial charge in [-0.3, -0.25) is 4.79 Å². The summed E-state index contributed by atoms with van der Waals surface area (Å²) in [6.07, 6.45) is 0. The van der Waals surface area contributed by atoms with Crippen LogP contribution < -0.4 is 5.32 Å². The maximum Gasteiger partial charge on any atom is 0.224 e. The normalized spacial score (nSPS) is 12.6. The van der Waals surface area contributed by atoms with Gasteiger partial charge in [0.05, 0.1) is 18.0 Å². The zero-order chi connectivity index (χ0) is 11.5. The fourth-order valence-electron chi connectivity index (χ4n) is 1.64. The maximum atomic E-state index is 11.4. The highest BCUT2D eigenvalue weighted by Crippen LogP contribution is 2.11. The van der Waals surface area contributed by atoms with Crippen molar-refractivity contribution >= 4 is 16.9 Å². The quantitative estimate of drug-likeness (QED) is 0.829. The number of amides is 1. The summed E-state index contributed by atoms with van der Waals surface area (Å²) < 4.78 is 1.76. The number of fused-ring (bicyclic) bond motifs is 1. The van der Waals surface area contributed by atoms with Gasteiger partial charge in [0, 0.05) is 7.05 Å². The molecular weight excluding hydrogens is 204 g/mol. The van der Waals surface area contributed by atoms with E-state index in [1.54, 1.807) is 11.7 Å². The average molecular weight is 218 g/mol. The van der Waals surface area contributed by atoms with Crippen LogP contribution in [0.15, 0.2) is 24.3 Å². The molecule has 0 radical (unpaired) electrons. The lowest BCUT2D eigenvalue weighted by Gasteiger charge is -2.09. The molecule has 0 saturated heterocycles. The Bertz CT molecular complexity index is 505. The van der Waals surface area contributed by atoms with Crippen molar-refractivity contribution in [3.8, 4) is 0 Å². The minimum atomic E-state index is -0.116. The topological polar surface area (TPSA) is 59.8 Å². The van der Waals surface area contributed by atoms with Gasteiger partial charge in [0.2, 0.25) is 5.91 Å². The van der Waals surface area contributed by atoms with Gasteiger partial charge in [-0.05, 0) is 12.1 Å². The Balaban J connectivity index is 2.24. The maximum absolute atomic E-state index is 11.4. The number of carbonyl (C=O) groups is 1. The summed E-state index contributed by atoms with van der Waals surface area (Å²) in [5.41, 5.74) is 1.81. The summed E-state index contributed by atoms with van der Waals surface area (Å²) in [5, 5.41) is 10.7. The Morgan fingerprint density at radius 1 is 1.50 bits per heavy atom. The molecule has 1 heterocycles. The monoisotopic (exact) mass is 218 g/mol. The molecule has 0 saturated carbocycles. The molecule has 5 nitrogen and oxygen atoms in total. The van der Waals surface area contributed by atoms with Crippen LogP contribution in [0.4, 0.5) is 0 Å². The number of carbonyl (C=O) groups excluding carboxylic acids is 1. The number of para-hydroxylation sites is 1. The second-order valence-corrected chi connectivity index (χ2v) is 3.78. The molecule has 1 aromatic heterocycles. The van der Waals surface area contributed by atoms with E-state index in [1.165, 1.54) is 0 Å². The highest BCUT2D eigenvalue weighted by Gasteiger charge is 2.13. The van der Waals surface area contributed by atoms with Crippen LogP contribution in [-0.2, 0) is 11.3 Å². The molecule has 0 spiro atoms. The first kappa shape index (κ1) is 10.6. The van der Waals surface area contributed by atoms with E-state index in [2.05, 4.69) is 15.6 Å². The molecule has 1 N–H and O–H groups in total. The van der Waals surface area contributed by atoms with E-state index in [0.29, 0.717) is 6.54 Å². The summed E-state index contributed by atoms with van der Waals surface area (Å²) in [7, 11) is 1.64. The standard InChI is InChI=1S/C11H14N4O/c1-8(11(16)12-2)7-15-10-6-4-3-5-9(10)13-14-15/h3-6,8H,7H2,1-2H3,(H,12,16). The van der Waals surface area contributed by atoms with E-state index < -0.39 is 0 Å². The fraction of sp³-hybridized carbons (Fsp3) is 0.364. The lowest BCUT2D eigenvalue weighted by atomic mass is 10.1. The molecule has 5 heteroatoms. The number of hydrogen-bond donors (Lipinski definition) is 1. The van der Waals surface area contributed by atoms with Gasteiger partial charge in [-0.15, -0.1) is 5.10 Å². The Morgan fingerprint density at radius 2 is 2.25 bits per heavy atom. The molecule has 16 heavy (non-hydrogen) atoms. The lowest BCUT2D eigenvalue weighted by molar-refractivity contribution is -0.124. The Hall–Kier alpha value is -1.91. The third-order valence-electron chi connectivity index (χ3n) is 2.56. The molecule has 84 valence electrons. The summed E-state index contributed by atoms with van der Waals surface area (Å²) in [6, 6.07) is 7.71. The van der Waals surface area contributed by atoms with Crippen LogP contribution in [0.1, 0.15) is 6.92 Å². The molecule has 0 fully saturated rings. The van der Waals surface area contributed by atoms with Gasteiger partial charge in [0.1, 0.15) is 5.52 Å². The van der Waals surface area contributed by atoms with Crippen molar-refractivity contribution in [2.75, 3.05) is 7.05 Å². The molecule has 1 unspecified atom stereocenters. The first-order valence-electron chi connectivity index (χ1n) is 5.22. The van der Waals surface area contributed by atoms with Gasteiger partial charge in [-0.2, -0.15) is 0 Å². The Kier molecular flexibility index (Phi) is 2.85. The summed E-state index contributed by atoms with van der Waals surface area (Å²) in [4.78, 5) is 11.4. The first-order chi connectivity index (χ1) is 7.72. The number of aromatic nitrogens is 3. The molecule has 1 aromatic carbocycles. The predicted octanol–water partition coefficient (Wildman–Crippen LogP) is 0.813. The van der Waals surface area contributed by atoms with Crippen molar-refractivity contribution in [3.05, 3.63) is 24.3 Å². The van der Waals surface area contributed by atoms with Crippen molar-refractivity contribution in [3.63, 3.8) is 0 Å². The average Bonchev–Trinajstić information content (AvgIpc) is 2.72. The molecule has 0 bridgehead atoms. The van der Waals surface area contributed by atoms with Crippen LogP contribution in [0, 0.1) is 5.92 Å². The zero-order valence-corrected chi connectivity index (χ0v) is 9.34. The van der Waals surface area contributed by atoms with Crippen molar-refractivity contribution in [1.29, 1.82) is 0 Å². The first-order valence-corrected chi connectivity index (χ1v) is 5.22. The van der Waals surface area contributed by atoms with Crippen LogP contribution in [-0.4, -0.2) is 27.9 Å². The van der Waals surface area contributed by atoms with E-state index in [-0.39, 0.29) is 11.8 Å². The van der Waals surface area contributed by atoms with Gasteiger partial charge in [0.15, 0.2) is 0 Å². The number of hydrogen-bond acceptors (Lipinski definition) is 3. The van der Waals surface area contributed by atoms with E-state index >= 15 is 0 Å². The zero-order valence-electron chi connectivity index (χ0n) is 9.34. The highest BCUT2D eigenvalue weighted by atomic mass is 16.1. The van der Waals surface area contributed by atoms with Crippen molar-refractivity contribution < 1.29 is 4.79 Å². The number of nitrogens with one attached hydrogen (secondary N) is 1. The molecule has 2 rings (SSSR count). The van der Waals surface area contributed by atoms with Crippen molar-refractivity contribution in [2.24, 2.45) is 5.92 Å². The van der Waals surface area contributed by atoms with E-state index in [9.17, 15) is 4.79 Å². The molecule has 2 aromatic rings. The van der Waals surface area contributed by atoms with Crippen LogP contribution in [0.25, 0.3) is 11.0 Å². The minimum Gasteiger partial charge on any atom is -0.359 e. The van der Waals surface area contributed by atoms with Gasteiger partial charge < -0.3 is 5.32 Å². The third-order valence-corrected chi connectivity index (χ3v) is 2.56. The van der Waals surface area contributed by atoms with Gasteiger partial charge in [-0.25, -0.2) is 4.68 Å². The summed E-state index contributed by atoms with van der Waals surface area (Å²) >= 11 is 0. The Labute approximate surface area is 93.4 Å². The molecule has 0 aliphatic carbocycles. The van der Waals surface area contributed by atoms with Crippen LogP contribution in [0.5, 0.6) is 0 Å². The highest BCUT2D eigenvalue weighted by molar-refractivity contribution is 5.78. The number of nitrogens with zero attached hydrogens (tertiary/aromatic N) is 3. The molecule has 0 aliphatic rings. The van der Waals surface area contributed by atoms with Crippen LogP contribution in [0.3, 0.4) is 0 Å². The smallest absolute Gasteiger partial charge is 0.224 e. The van der Waals surface area contributed by atoms with Gasteiger partial charge >= 0.3 is 0 Å². The second-order valence-electron chi connectivity index (χ2n) is 3.78. The number of rotatable bonds is 3. The SMILES string of the molecule is CNC(=O)C(C)Cn1nnc2ccccc21. The van der Waals surface area contributed by atoms with Crippen molar-refractivity contribution in [1.82, 2.24) is 20.3 Å². The summed E-state index contributed by atoms with van der Waals surface area (Å²) in [5.74, 6) is -0.102.